The van der Waals surface area contributed by atoms with Crippen LogP contribution in [0.4, 0.5) is 0 Å². The maximum Gasteiger partial charge on any atom is 0.153 e. The first-order chi connectivity index (χ1) is 6.72. The van der Waals surface area contributed by atoms with E-state index in [4.69, 9.17) is 23.2 Å². The second-order valence-corrected chi connectivity index (χ2v) is 4.84. The van der Waals surface area contributed by atoms with Gasteiger partial charge in [-0.25, -0.2) is 0 Å². The maximum absolute atomic E-state index is 10.6. The normalized spacial score (nSPS) is 10.4. The van der Waals surface area contributed by atoms with E-state index in [2.05, 4.69) is 10.2 Å². The van der Waals surface area contributed by atoms with Crippen LogP contribution in [-0.4, -0.2) is 16.5 Å². The van der Waals surface area contributed by atoms with E-state index in [-0.39, 0.29) is 0 Å². The zero-order valence-electron chi connectivity index (χ0n) is 6.75. The minimum absolute atomic E-state index is 0.473. The first kappa shape index (κ1) is 9.71. The predicted molar refractivity (Wildman–Crippen MR) is 57.3 cm³/mol. The molecule has 0 aliphatic heterocycles. The van der Waals surface area contributed by atoms with Gasteiger partial charge >= 0.3 is 0 Å². The summed E-state index contributed by atoms with van der Waals surface area (Å²) in [4.78, 5) is 10.6. The van der Waals surface area contributed by atoms with E-state index in [0.717, 1.165) is 6.29 Å². The van der Waals surface area contributed by atoms with Crippen molar-refractivity contribution >= 4 is 40.8 Å². The number of hydrogen-bond donors (Lipinski definition) is 1. The number of hydrogen-bond acceptors (Lipinski definition) is 3. The molecule has 0 atom stereocenters. The molecule has 1 N–H and O–H groups in total. The summed E-state index contributed by atoms with van der Waals surface area (Å²) in [6.45, 7) is 0. The lowest BCUT2D eigenvalue weighted by Crippen LogP contribution is -1.81. The van der Waals surface area contributed by atoms with Crippen molar-refractivity contribution < 1.29 is 4.79 Å². The molecule has 2 rings (SSSR count). The number of H-pyrrole nitrogens is 1. The number of rotatable bonds is 2. The van der Waals surface area contributed by atoms with E-state index >= 15 is 0 Å². The van der Waals surface area contributed by atoms with Crippen LogP contribution in [0.1, 0.15) is 10.4 Å². The first-order valence-corrected chi connectivity index (χ1v) is 5.23. The largest absolute Gasteiger partial charge is 0.298 e. The fourth-order valence-corrected chi connectivity index (χ4v) is 2.59. The third-order valence-corrected chi connectivity index (χ3v) is 3.21. The van der Waals surface area contributed by atoms with E-state index in [1.54, 1.807) is 6.07 Å². The van der Waals surface area contributed by atoms with Crippen molar-refractivity contribution in [3.8, 4) is 11.3 Å². The van der Waals surface area contributed by atoms with Gasteiger partial charge in [0.2, 0.25) is 0 Å². The Kier molecular flexibility index (Phi) is 2.58. The van der Waals surface area contributed by atoms with Crippen LogP contribution in [0.5, 0.6) is 0 Å². The van der Waals surface area contributed by atoms with Crippen molar-refractivity contribution in [2.45, 2.75) is 0 Å². The Morgan fingerprint density at radius 3 is 2.86 bits per heavy atom. The number of aldehydes is 1. The molecule has 0 spiro atoms. The van der Waals surface area contributed by atoms with Crippen LogP contribution in [-0.2, 0) is 0 Å². The van der Waals surface area contributed by atoms with Crippen LogP contribution in [0, 0.1) is 0 Å². The molecule has 0 amide bonds. The summed E-state index contributed by atoms with van der Waals surface area (Å²) in [5.41, 5.74) is 1.79. The van der Waals surface area contributed by atoms with E-state index in [9.17, 15) is 4.79 Å². The summed E-state index contributed by atoms with van der Waals surface area (Å²) < 4.78 is 1.12. The van der Waals surface area contributed by atoms with Crippen molar-refractivity contribution in [3.63, 3.8) is 0 Å². The predicted octanol–water partition coefficient (Wildman–Crippen LogP) is 3.26. The molecule has 72 valence electrons. The fourth-order valence-electron chi connectivity index (χ4n) is 1.11. The van der Waals surface area contributed by atoms with Gasteiger partial charge in [-0.2, -0.15) is 5.10 Å². The van der Waals surface area contributed by atoms with Crippen LogP contribution in [0.25, 0.3) is 11.3 Å². The van der Waals surface area contributed by atoms with Gasteiger partial charge in [0.25, 0.3) is 0 Å². The molecule has 2 heterocycles. The van der Waals surface area contributed by atoms with Crippen LogP contribution in [0.3, 0.4) is 0 Å². The van der Waals surface area contributed by atoms with E-state index < -0.39 is 0 Å². The minimum atomic E-state index is 0.473. The second kappa shape index (κ2) is 3.73. The molecule has 3 nitrogen and oxygen atoms in total. The Bertz CT molecular complexity index is 477. The molecule has 0 bridgehead atoms. The molecule has 0 saturated heterocycles. The molecule has 0 aliphatic rings. The number of nitrogens with zero attached hydrogens (tertiary/aromatic N) is 1. The quantitative estimate of drug-likeness (QED) is 0.828. The Labute approximate surface area is 93.7 Å². The molecule has 2 aromatic heterocycles. The van der Waals surface area contributed by atoms with E-state index in [1.807, 2.05) is 0 Å². The maximum atomic E-state index is 10.6. The van der Waals surface area contributed by atoms with Gasteiger partial charge < -0.3 is 0 Å². The zero-order chi connectivity index (χ0) is 10.1. The van der Waals surface area contributed by atoms with Crippen molar-refractivity contribution in [1.82, 2.24) is 10.2 Å². The number of nitrogens with one attached hydrogen (secondary N) is 1. The number of carbonyl (C=O) groups is 1. The Balaban J connectivity index is 2.59. The van der Waals surface area contributed by atoms with Gasteiger partial charge in [0, 0.05) is 5.56 Å². The molecule has 14 heavy (non-hydrogen) atoms. The van der Waals surface area contributed by atoms with Gasteiger partial charge in [0.1, 0.15) is 4.34 Å². The highest BCUT2D eigenvalue weighted by molar-refractivity contribution is 7.20. The van der Waals surface area contributed by atoms with Gasteiger partial charge in [0.05, 0.1) is 21.8 Å². The topological polar surface area (TPSA) is 45.8 Å². The first-order valence-electron chi connectivity index (χ1n) is 3.66. The number of halogens is 2. The lowest BCUT2D eigenvalue weighted by Gasteiger charge is -1.93. The second-order valence-electron chi connectivity index (χ2n) is 2.56. The van der Waals surface area contributed by atoms with Gasteiger partial charge in [-0.1, -0.05) is 23.2 Å². The zero-order valence-corrected chi connectivity index (χ0v) is 9.08. The van der Waals surface area contributed by atoms with Crippen LogP contribution < -0.4 is 0 Å². The molecule has 0 fully saturated rings. The minimum Gasteiger partial charge on any atom is -0.298 e. The summed E-state index contributed by atoms with van der Waals surface area (Å²) >= 11 is 13.0. The highest BCUT2D eigenvalue weighted by atomic mass is 35.5. The molecule has 0 unspecified atom stereocenters. The molecule has 0 radical (unpaired) electrons. The third-order valence-electron chi connectivity index (χ3n) is 1.72. The lowest BCUT2D eigenvalue weighted by molar-refractivity contribution is 0.112. The van der Waals surface area contributed by atoms with Crippen LogP contribution in [0.15, 0.2) is 12.3 Å². The summed E-state index contributed by atoms with van der Waals surface area (Å²) in [5, 5.41) is 6.48. The lowest BCUT2D eigenvalue weighted by atomic mass is 10.2. The fraction of sp³-hybridized carbons (Fsp3) is 0. The summed E-state index contributed by atoms with van der Waals surface area (Å²) in [5.74, 6) is 0. The molecule has 0 aromatic carbocycles. The van der Waals surface area contributed by atoms with Gasteiger partial charge in [0.15, 0.2) is 6.29 Å². The average molecular weight is 247 g/mol. The Morgan fingerprint density at radius 1 is 1.50 bits per heavy atom. The third kappa shape index (κ3) is 1.56. The Morgan fingerprint density at radius 2 is 2.29 bits per heavy atom. The molecule has 0 aliphatic carbocycles. The number of aromatic nitrogens is 2. The van der Waals surface area contributed by atoms with Gasteiger partial charge in [-0.3, -0.25) is 9.89 Å². The van der Waals surface area contributed by atoms with Crippen LogP contribution >= 0.6 is 34.5 Å². The van der Waals surface area contributed by atoms with Crippen LogP contribution in [0.2, 0.25) is 8.67 Å². The smallest absolute Gasteiger partial charge is 0.153 e. The van der Waals surface area contributed by atoms with E-state index in [0.29, 0.717) is 25.5 Å². The highest BCUT2D eigenvalue weighted by Gasteiger charge is 2.13. The van der Waals surface area contributed by atoms with Crippen molar-refractivity contribution in [2.24, 2.45) is 0 Å². The summed E-state index contributed by atoms with van der Waals surface area (Å²) in [6.07, 6.45) is 2.17. The van der Waals surface area contributed by atoms with E-state index in [1.165, 1.54) is 17.5 Å². The summed E-state index contributed by atoms with van der Waals surface area (Å²) in [6, 6.07) is 1.70. The molecular formula is C8H4Cl2N2OS. The van der Waals surface area contributed by atoms with Crippen molar-refractivity contribution in [2.75, 3.05) is 0 Å². The standard InChI is InChI=1S/C8H4Cl2N2OS/c9-6-1-5(8(10)14-6)7-4(3-13)2-11-12-7/h1-3H,(H,11,12). The Hall–Kier alpha value is -0.840. The molecule has 6 heteroatoms. The van der Waals surface area contributed by atoms with Gasteiger partial charge in [-0.15, -0.1) is 11.3 Å². The number of thiophene rings is 1. The molecule has 2 aromatic rings. The van der Waals surface area contributed by atoms with Gasteiger partial charge in [-0.05, 0) is 6.07 Å². The molecular weight excluding hydrogens is 243 g/mol. The van der Waals surface area contributed by atoms with Crippen molar-refractivity contribution in [1.29, 1.82) is 0 Å². The van der Waals surface area contributed by atoms with Crippen molar-refractivity contribution in [3.05, 3.63) is 26.5 Å². The SMILES string of the molecule is O=Cc1cn[nH]c1-c1cc(Cl)sc1Cl. The number of carbonyl (C=O) groups excluding carboxylic acids is 1. The monoisotopic (exact) mass is 246 g/mol. The average Bonchev–Trinajstić information content (AvgIpc) is 2.71. The summed E-state index contributed by atoms with van der Waals surface area (Å²) in [7, 11) is 0. The number of aromatic amines is 1. The molecule has 0 saturated carbocycles. The highest BCUT2D eigenvalue weighted by Crippen LogP contribution is 2.38.